The summed E-state index contributed by atoms with van der Waals surface area (Å²) in [6, 6.07) is 16.8. The van der Waals surface area contributed by atoms with Crippen LogP contribution < -0.4 is 10.1 Å². The highest BCUT2D eigenvalue weighted by Gasteiger charge is 2.25. The Morgan fingerprint density at radius 3 is 2.46 bits per heavy atom. The molecule has 5 heteroatoms. The van der Waals surface area contributed by atoms with E-state index in [-0.39, 0.29) is 17.9 Å². The molecule has 4 rings (SSSR count). The Labute approximate surface area is 163 Å². The van der Waals surface area contributed by atoms with Gasteiger partial charge in [-0.3, -0.25) is 4.79 Å². The van der Waals surface area contributed by atoms with Crippen LogP contribution in [0.4, 0.5) is 0 Å². The van der Waals surface area contributed by atoms with Crippen molar-refractivity contribution in [2.24, 2.45) is 0 Å². The van der Waals surface area contributed by atoms with E-state index in [1.165, 1.54) is 7.11 Å². The second kappa shape index (κ2) is 7.35. The third-order valence-electron chi connectivity index (χ3n) is 5.26. The van der Waals surface area contributed by atoms with Crippen LogP contribution in [-0.2, 0) is 11.2 Å². The summed E-state index contributed by atoms with van der Waals surface area (Å²) in [4.78, 5) is 24.6. The smallest absolute Gasteiger partial charge is 0.337 e. The minimum Gasteiger partial charge on any atom is -0.497 e. The molecule has 0 saturated carbocycles. The minimum absolute atomic E-state index is 0.112. The zero-order chi connectivity index (χ0) is 19.7. The van der Waals surface area contributed by atoms with Crippen LogP contribution >= 0.6 is 0 Å². The van der Waals surface area contributed by atoms with Crippen LogP contribution in [0.3, 0.4) is 0 Å². The number of carbonyl (C=O) groups excluding carboxylic acids is 2. The third-order valence-corrected chi connectivity index (χ3v) is 5.26. The molecule has 0 heterocycles. The molecule has 142 valence electrons. The lowest BCUT2D eigenvalue weighted by Crippen LogP contribution is -2.27. The van der Waals surface area contributed by atoms with E-state index >= 15 is 0 Å². The van der Waals surface area contributed by atoms with Crippen LogP contribution in [0.2, 0.25) is 0 Å². The van der Waals surface area contributed by atoms with Gasteiger partial charge in [0.2, 0.25) is 0 Å². The molecular weight excluding hydrogens is 354 g/mol. The van der Waals surface area contributed by atoms with Crippen LogP contribution in [0.1, 0.15) is 44.3 Å². The van der Waals surface area contributed by atoms with Gasteiger partial charge in [-0.2, -0.15) is 0 Å². The van der Waals surface area contributed by atoms with Crippen molar-refractivity contribution in [3.05, 3.63) is 76.9 Å². The molecule has 0 radical (unpaired) electrons. The number of esters is 1. The quantitative estimate of drug-likeness (QED) is 0.699. The lowest BCUT2D eigenvalue weighted by Gasteiger charge is -2.15. The van der Waals surface area contributed by atoms with E-state index in [1.807, 2.05) is 48.5 Å². The number of methoxy groups -OCH3 is 2. The van der Waals surface area contributed by atoms with Gasteiger partial charge >= 0.3 is 5.97 Å². The second-order valence-electron chi connectivity index (χ2n) is 6.90. The number of amides is 1. The number of ether oxygens (including phenoxy) is 2. The summed E-state index contributed by atoms with van der Waals surface area (Å²) >= 11 is 0. The fourth-order valence-electron chi connectivity index (χ4n) is 3.73. The van der Waals surface area contributed by atoms with Gasteiger partial charge in [-0.05, 0) is 71.1 Å². The van der Waals surface area contributed by atoms with Gasteiger partial charge in [-0.25, -0.2) is 4.79 Å². The molecular formula is C23H21NO4. The number of fused-ring (bicyclic) bond motifs is 2. The monoisotopic (exact) mass is 375 g/mol. The number of aryl methyl sites for hydroxylation is 1. The summed E-state index contributed by atoms with van der Waals surface area (Å²) in [5.74, 6) is 0.289. The molecule has 0 spiro atoms. The van der Waals surface area contributed by atoms with E-state index in [9.17, 15) is 9.59 Å². The fraction of sp³-hybridized carbons (Fsp3) is 0.217. The third kappa shape index (κ3) is 3.31. The fourth-order valence-corrected chi connectivity index (χ4v) is 3.73. The van der Waals surface area contributed by atoms with Crippen LogP contribution in [0.5, 0.6) is 5.75 Å². The first kappa shape index (κ1) is 18.0. The number of nitrogens with one attached hydrogen (secondary N) is 1. The predicted molar refractivity (Wildman–Crippen MR) is 107 cm³/mol. The summed E-state index contributed by atoms with van der Waals surface area (Å²) in [7, 11) is 3.00. The Hall–Kier alpha value is -3.34. The maximum absolute atomic E-state index is 12.8. The van der Waals surface area contributed by atoms with Gasteiger partial charge < -0.3 is 14.8 Å². The van der Waals surface area contributed by atoms with Crippen LogP contribution in [0, 0.1) is 0 Å². The highest BCUT2D eigenvalue weighted by atomic mass is 16.5. The van der Waals surface area contributed by atoms with Gasteiger partial charge in [0.05, 0.1) is 25.8 Å². The molecule has 1 unspecified atom stereocenters. The topological polar surface area (TPSA) is 64.6 Å². The number of carbonyl (C=O) groups is 2. The van der Waals surface area contributed by atoms with Crippen molar-refractivity contribution in [3.63, 3.8) is 0 Å². The molecule has 0 bridgehead atoms. The molecule has 28 heavy (non-hydrogen) atoms. The zero-order valence-electron chi connectivity index (χ0n) is 15.8. The van der Waals surface area contributed by atoms with Gasteiger partial charge in [0.15, 0.2) is 0 Å². The van der Waals surface area contributed by atoms with E-state index in [0.29, 0.717) is 11.1 Å². The van der Waals surface area contributed by atoms with Gasteiger partial charge in [-0.15, -0.1) is 0 Å². The van der Waals surface area contributed by atoms with Gasteiger partial charge in [0.25, 0.3) is 5.91 Å². The van der Waals surface area contributed by atoms with Crippen LogP contribution in [0.15, 0.2) is 54.6 Å². The zero-order valence-corrected chi connectivity index (χ0v) is 15.8. The largest absolute Gasteiger partial charge is 0.497 e. The summed E-state index contributed by atoms with van der Waals surface area (Å²) in [6.07, 6.45) is 1.69. The van der Waals surface area contributed by atoms with Crippen molar-refractivity contribution >= 4 is 22.6 Å². The predicted octanol–water partition coefficient (Wildman–Crippen LogP) is 4.05. The van der Waals surface area contributed by atoms with E-state index in [1.54, 1.807) is 13.2 Å². The lowest BCUT2D eigenvalue weighted by atomic mass is 10.0. The SMILES string of the molecule is COC(=O)c1ccc2c(c1)C(NC(=O)c1ccc3cc(OC)ccc3c1)CC2. The molecule has 1 amide bonds. The average molecular weight is 375 g/mol. The van der Waals surface area contributed by atoms with Gasteiger partial charge in [-0.1, -0.05) is 18.2 Å². The first-order valence-corrected chi connectivity index (χ1v) is 9.19. The normalized spacial score (nSPS) is 15.1. The van der Waals surface area contributed by atoms with Crippen molar-refractivity contribution < 1.29 is 19.1 Å². The van der Waals surface area contributed by atoms with Crippen LogP contribution in [-0.4, -0.2) is 26.1 Å². The molecule has 1 aliphatic carbocycles. The molecule has 1 N–H and O–H groups in total. The molecule has 3 aromatic carbocycles. The molecule has 5 nitrogen and oxygen atoms in total. The average Bonchev–Trinajstić information content (AvgIpc) is 3.14. The summed E-state index contributed by atoms with van der Waals surface area (Å²) in [5, 5.41) is 5.11. The maximum atomic E-state index is 12.8. The minimum atomic E-state index is -0.371. The Kier molecular flexibility index (Phi) is 4.74. The summed E-state index contributed by atoms with van der Waals surface area (Å²) < 4.78 is 10.0. The van der Waals surface area contributed by atoms with Crippen molar-refractivity contribution in [3.8, 4) is 5.75 Å². The van der Waals surface area contributed by atoms with E-state index < -0.39 is 0 Å². The molecule has 0 saturated heterocycles. The Bertz CT molecular complexity index is 1070. The van der Waals surface area contributed by atoms with E-state index in [4.69, 9.17) is 9.47 Å². The van der Waals surface area contributed by atoms with Gasteiger partial charge in [0, 0.05) is 5.56 Å². The van der Waals surface area contributed by atoms with Crippen molar-refractivity contribution in [1.29, 1.82) is 0 Å². The molecule has 0 fully saturated rings. The molecule has 3 aromatic rings. The standard InChI is InChI=1S/C23H21NO4/c1-27-19-9-7-15-11-17(5-4-16(15)12-19)22(25)24-21-10-8-14-3-6-18(13-20(14)21)23(26)28-2/h3-7,9,11-13,21H,8,10H2,1-2H3,(H,24,25). The molecule has 1 atom stereocenters. The maximum Gasteiger partial charge on any atom is 0.337 e. The highest BCUT2D eigenvalue weighted by Crippen LogP contribution is 2.32. The van der Waals surface area contributed by atoms with Crippen LogP contribution in [0.25, 0.3) is 10.8 Å². The number of benzene rings is 3. The van der Waals surface area contributed by atoms with Crippen molar-refractivity contribution in [2.45, 2.75) is 18.9 Å². The Morgan fingerprint density at radius 1 is 0.929 bits per heavy atom. The van der Waals surface area contributed by atoms with E-state index in [0.717, 1.165) is 40.5 Å². The number of rotatable bonds is 4. The molecule has 1 aliphatic rings. The van der Waals surface area contributed by atoms with E-state index in [2.05, 4.69) is 5.32 Å². The second-order valence-corrected chi connectivity index (χ2v) is 6.90. The first-order valence-electron chi connectivity index (χ1n) is 9.19. The number of hydrogen-bond acceptors (Lipinski definition) is 4. The summed E-state index contributed by atoms with van der Waals surface area (Å²) in [6.45, 7) is 0. The Balaban J connectivity index is 1.57. The lowest BCUT2D eigenvalue weighted by molar-refractivity contribution is 0.0600. The Morgan fingerprint density at radius 2 is 1.68 bits per heavy atom. The van der Waals surface area contributed by atoms with Crippen molar-refractivity contribution in [1.82, 2.24) is 5.32 Å². The van der Waals surface area contributed by atoms with Crippen molar-refractivity contribution in [2.75, 3.05) is 14.2 Å². The highest BCUT2D eigenvalue weighted by molar-refractivity contribution is 5.99. The molecule has 0 aromatic heterocycles. The van der Waals surface area contributed by atoms with Gasteiger partial charge in [0.1, 0.15) is 5.75 Å². The molecule has 0 aliphatic heterocycles. The number of hydrogen-bond donors (Lipinski definition) is 1. The first-order chi connectivity index (χ1) is 13.6. The summed E-state index contributed by atoms with van der Waals surface area (Å²) in [5.41, 5.74) is 3.25.